The van der Waals surface area contributed by atoms with Crippen molar-refractivity contribution < 1.29 is 4.79 Å². The Labute approximate surface area is 117 Å². The van der Waals surface area contributed by atoms with Gasteiger partial charge in [0.25, 0.3) is 5.91 Å². The molecule has 1 heterocycles. The Morgan fingerprint density at radius 1 is 1.45 bits per heavy atom. The van der Waals surface area contributed by atoms with Gasteiger partial charge in [0.15, 0.2) is 0 Å². The Hall–Kier alpha value is -2.80. The van der Waals surface area contributed by atoms with Crippen LogP contribution in [0.25, 0.3) is 11.3 Å². The molecular weight excluding hydrogens is 250 g/mol. The lowest BCUT2D eigenvalue weighted by Gasteiger charge is -2.09. The minimum absolute atomic E-state index is 0.444. The van der Waals surface area contributed by atoms with E-state index in [4.69, 9.17) is 11.0 Å². The van der Waals surface area contributed by atoms with Crippen molar-refractivity contribution in [1.82, 2.24) is 4.57 Å². The third-order valence-electron chi connectivity index (χ3n) is 3.25. The van der Waals surface area contributed by atoms with E-state index >= 15 is 0 Å². The standard InChI is InChI=1S/C16H15N3O/c1-3-8-19-11(2)14(16(18)20)9-15(19)13-6-4-12(10-17)5-7-13/h3-7,9H,1,8H2,2H3,(H2,18,20). The molecule has 1 aromatic carbocycles. The summed E-state index contributed by atoms with van der Waals surface area (Å²) in [5.74, 6) is -0.444. The number of amides is 1. The van der Waals surface area contributed by atoms with E-state index in [2.05, 4.69) is 12.6 Å². The van der Waals surface area contributed by atoms with Crippen LogP contribution in [0, 0.1) is 18.3 Å². The monoisotopic (exact) mass is 265 g/mol. The molecule has 0 aliphatic carbocycles. The summed E-state index contributed by atoms with van der Waals surface area (Å²) in [7, 11) is 0. The van der Waals surface area contributed by atoms with Crippen molar-refractivity contribution >= 4 is 5.91 Å². The SMILES string of the molecule is C=CCn1c(-c2ccc(C#N)cc2)cc(C(N)=O)c1C. The molecule has 20 heavy (non-hydrogen) atoms. The van der Waals surface area contributed by atoms with Crippen molar-refractivity contribution in [2.75, 3.05) is 0 Å². The topological polar surface area (TPSA) is 71.8 Å². The van der Waals surface area contributed by atoms with Gasteiger partial charge in [0.2, 0.25) is 0 Å². The Morgan fingerprint density at radius 3 is 2.60 bits per heavy atom. The maximum absolute atomic E-state index is 11.5. The van der Waals surface area contributed by atoms with Crippen LogP contribution < -0.4 is 5.73 Å². The number of benzene rings is 1. The van der Waals surface area contributed by atoms with E-state index in [9.17, 15) is 4.79 Å². The van der Waals surface area contributed by atoms with Gasteiger partial charge in [-0.05, 0) is 30.7 Å². The molecule has 2 N–H and O–H groups in total. The molecule has 0 radical (unpaired) electrons. The van der Waals surface area contributed by atoms with Crippen LogP contribution in [0.15, 0.2) is 43.0 Å². The van der Waals surface area contributed by atoms with Gasteiger partial charge in [-0.3, -0.25) is 4.79 Å². The fraction of sp³-hybridized carbons (Fsp3) is 0.125. The van der Waals surface area contributed by atoms with Gasteiger partial charge in [-0.15, -0.1) is 6.58 Å². The highest BCUT2D eigenvalue weighted by atomic mass is 16.1. The molecule has 2 rings (SSSR count). The van der Waals surface area contributed by atoms with Crippen LogP contribution in [0.2, 0.25) is 0 Å². The summed E-state index contributed by atoms with van der Waals surface area (Å²) in [6, 6.07) is 11.1. The highest BCUT2D eigenvalue weighted by Gasteiger charge is 2.15. The Morgan fingerprint density at radius 2 is 2.10 bits per heavy atom. The highest BCUT2D eigenvalue weighted by molar-refractivity contribution is 5.95. The van der Waals surface area contributed by atoms with Crippen LogP contribution in [-0.2, 0) is 6.54 Å². The van der Waals surface area contributed by atoms with Gasteiger partial charge in [0, 0.05) is 17.9 Å². The van der Waals surface area contributed by atoms with Gasteiger partial charge >= 0.3 is 0 Å². The van der Waals surface area contributed by atoms with E-state index in [0.717, 1.165) is 17.0 Å². The Kier molecular flexibility index (Phi) is 3.72. The van der Waals surface area contributed by atoms with Crippen molar-refractivity contribution in [1.29, 1.82) is 5.26 Å². The second-order valence-corrected chi connectivity index (χ2v) is 4.48. The molecule has 4 nitrogen and oxygen atoms in total. The van der Waals surface area contributed by atoms with Crippen molar-refractivity contribution in [3.63, 3.8) is 0 Å². The zero-order valence-corrected chi connectivity index (χ0v) is 11.3. The molecule has 0 aliphatic heterocycles. The summed E-state index contributed by atoms with van der Waals surface area (Å²) >= 11 is 0. The summed E-state index contributed by atoms with van der Waals surface area (Å²) in [4.78, 5) is 11.5. The quantitative estimate of drug-likeness (QED) is 0.863. The maximum atomic E-state index is 11.5. The van der Waals surface area contributed by atoms with Crippen molar-refractivity contribution in [3.8, 4) is 17.3 Å². The first kappa shape index (κ1) is 13.6. The van der Waals surface area contributed by atoms with Crippen molar-refractivity contribution in [2.45, 2.75) is 13.5 Å². The molecule has 2 aromatic rings. The lowest BCUT2D eigenvalue weighted by molar-refractivity contribution is 0.0999. The summed E-state index contributed by atoms with van der Waals surface area (Å²) in [5.41, 5.74) is 9.14. The second-order valence-electron chi connectivity index (χ2n) is 4.48. The van der Waals surface area contributed by atoms with E-state index in [1.54, 1.807) is 24.3 Å². The number of hydrogen-bond acceptors (Lipinski definition) is 2. The smallest absolute Gasteiger partial charge is 0.250 e. The average Bonchev–Trinajstić information content (AvgIpc) is 2.77. The minimum atomic E-state index is -0.444. The van der Waals surface area contributed by atoms with Crippen LogP contribution in [0.1, 0.15) is 21.6 Å². The van der Waals surface area contributed by atoms with Gasteiger partial charge in [-0.1, -0.05) is 18.2 Å². The van der Waals surface area contributed by atoms with Gasteiger partial charge in [0.1, 0.15) is 0 Å². The first-order valence-electron chi connectivity index (χ1n) is 6.20. The predicted molar refractivity (Wildman–Crippen MR) is 78.0 cm³/mol. The molecule has 1 amide bonds. The summed E-state index contributed by atoms with van der Waals surface area (Å²) in [6.45, 7) is 6.18. The zero-order chi connectivity index (χ0) is 14.7. The number of carbonyl (C=O) groups is 1. The second kappa shape index (κ2) is 5.45. The van der Waals surface area contributed by atoms with Crippen molar-refractivity contribution in [2.24, 2.45) is 5.73 Å². The third kappa shape index (κ3) is 2.34. The van der Waals surface area contributed by atoms with Crippen LogP contribution in [0.5, 0.6) is 0 Å². The largest absolute Gasteiger partial charge is 0.366 e. The molecule has 0 saturated carbocycles. The molecule has 0 spiro atoms. The molecule has 100 valence electrons. The number of primary amides is 1. The summed E-state index contributed by atoms with van der Waals surface area (Å²) in [5, 5.41) is 8.83. The number of nitrogens with two attached hydrogens (primary N) is 1. The number of carbonyl (C=O) groups excluding carboxylic acids is 1. The first-order chi connectivity index (χ1) is 9.58. The van der Waals surface area contributed by atoms with E-state index in [1.807, 2.05) is 23.6 Å². The molecule has 0 bridgehead atoms. The lowest BCUT2D eigenvalue weighted by Crippen LogP contribution is -2.12. The average molecular weight is 265 g/mol. The normalized spacial score (nSPS) is 10.0. The van der Waals surface area contributed by atoms with E-state index in [0.29, 0.717) is 17.7 Å². The van der Waals surface area contributed by atoms with E-state index in [-0.39, 0.29) is 0 Å². The zero-order valence-electron chi connectivity index (χ0n) is 11.3. The molecule has 0 aliphatic rings. The van der Waals surface area contributed by atoms with Crippen LogP contribution >= 0.6 is 0 Å². The van der Waals surface area contributed by atoms with Gasteiger partial charge in [0.05, 0.1) is 17.2 Å². The van der Waals surface area contributed by atoms with E-state index in [1.165, 1.54) is 0 Å². The van der Waals surface area contributed by atoms with Crippen molar-refractivity contribution in [3.05, 3.63) is 59.8 Å². The number of hydrogen-bond donors (Lipinski definition) is 1. The fourth-order valence-electron chi connectivity index (χ4n) is 2.21. The number of rotatable bonds is 4. The van der Waals surface area contributed by atoms with Crippen LogP contribution in [0.3, 0.4) is 0 Å². The first-order valence-corrected chi connectivity index (χ1v) is 6.20. The third-order valence-corrected chi connectivity index (χ3v) is 3.25. The number of nitriles is 1. The maximum Gasteiger partial charge on any atom is 0.250 e. The molecular formula is C16H15N3O. The minimum Gasteiger partial charge on any atom is -0.366 e. The number of nitrogens with zero attached hydrogens (tertiary/aromatic N) is 2. The Bertz CT molecular complexity index is 703. The molecule has 0 fully saturated rings. The molecule has 0 atom stereocenters. The fourth-order valence-corrected chi connectivity index (χ4v) is 2.21. The van der Waals surface area contributed by atoms with Gasteiger partial charge < -0.3 is 10.3 Å². The summed E-state index contributed by atoms with van der Waals surface area (Å²) in [6.07, 6.45) is 1.77. The number of aromatic nitrogens is 1. The van der Waals surface area contributed by atoms with E-state index < -0.39 is 5.91 Å². The van der Waals surface area contributed by atoms with Gasteiger partial charge in [-0.2, -0.15) is 5.26 Å². The lowest BCUT2D eigenvalue weighted by atomic mass is 10.1. The summed E-state index contributed by atoms with van der Waals surface area (Å²) < 4.78 is 1.98. The van der Waals surface area contributed by atoms with Crippen LogP contribution in [-0.4, -0.2) is 10.5 Å². The Balaban J connectivity index is 2.59. The molecule has 1 aromatic heterocycles. The van der Waals surface area contributed by atoms with Gasteiger partial charge in [-0.25, -0.2) is 0 Å². The molecule has 4 heteroatoms. The number of allylic oxidation sites excluding steroid dienone is 1. The molecule has 0 saturated heterocycles. The predicted octanol–water partition coefficient (Wildman–Crippen LogP) is 2.62. The van der Waals surface area contributed by atoms with Crippen LogP contribution in [0.4, 0.5) is 0 Å². The molecule has 0 unspecified atom stereocenters. The highest BCUT2D eigenvalue weighted by Crippen LogP contribution is 2.26.